The van der Waals surface area contributed by atoms with Crippen LogP contribution in [0.5, 0.6) is 5.75 Å². The molecule has 0 aromatic heterocycles. The van der Waals surface area contributed by atoms with Crippen molar-refractivity contribution in [1.29, 1.82) is 0 Å². The topological polar surface area (TPSA) is 61.4 Å². The summed E-state index contributed by atoms with van der Waals surface area (Å²) in [6.07, 6.45) is 1.34. The van der Waals surface area contributed by atoms with Gasteiger partial charge in [0.15, 0.2) is 5.78 Å². The lowest BCUT2D eigenvalue weighted by Crippen LogP contribution is -2.31. The molecule has 4 rings (SSSR count). The average molecular weight is 447 g/mol. The molecule has 4 heteroatoms. The fourth-order valence-electron chi connectivity index (χ4n) is 5.11. The van der Waals surface area contributed by atoms with Gasteiger partial charge in [-0.1, -0.05) is 67.5 Å². The first kappa shape index (κ1) is 23.4. The summed E-state index contributed by atoms with van der Waals surface area (Å²) in [5, 5.41) is 18.5. The molecule has 1 atom stereocenters. The molecule has 1 aliphatic heterocycles. The van der Waals surface area contributed by atoms with Gasteiger partial charge in [0.1, 0.15) is 5.75 Å². The van der Waals surface area contributed by atoms with Crippen molar-refractivity contribution in [2.45, 2.75) is 85.1 Å². The highest BCUT2D eigenvalue weighted by molar-refractivity contribution is 6.01. The van der Waals surface area contributed by atoms with E-state index in [9.17, 15) is 9.90 Å². The highest BCUT2D eigenvalue weighted by Gasteiger charge is 2.39. The highest BCUT2D eigenvalue weighted by atomic mass is 16.3. The molecule has 0 spiro atoms. The maximum atomic E-state index is 13.6. The Kier molecular flexibility index (Phi) is 5.42. The fraction of sp³-hybridized carbons (Fsp3) is 0.483. The Hall–Kier alpha value is -2.75. The fourth-order valence-corrected chi connectivity index (χ4v) is 5.11. The van der Waals surface area contributed by atoms with E-state index in [0.717, 1.165) is 45.8 Å². The third-order valence-corrected chi connectivity index (χ3v) is 6.80. The van der Waals surface area contributed by atoms with Crippen LogP contribution < -0.4 is 10.6 Å². The maximum Gasteiger partial charge on any atom is 0.163 e. The van der Waals surface area contributed by atoms with Crippen molar-refractivity contribution in [3.05, 3.63) is 64.4 Å². The Balaban J connectivity index is 1.99. The van der Waals surface area contributed by atoms with Crippen LogP contribution in [0, 0.1) is 5.41 Å². The Morgan fingerprint density at radius 2 is 1.45 bits per heavy atom. The number of hydrogen-bond donors (Lipinski definition) is 3. The minimum absolute atomic E-state index is 0.0884. The molecule has 0 amide bonds. The van der Waals surface area contributed by atoms with Crippen molar-refractivity contribution in [1.82, 2.24) is 0 Å². The molecule has 0 radical (unpaired) electrons. The standard InChI is InChI=1S/C29H38N2O2/c1-27(2,3)18-13-17(14-19(26(18)33)28(4,5)6)25-24-22(15-29(7,8)16-23(24)32)30-20-11-9-10-12-21(20)31-25/h9-14,25,30-31,33H,15-16H2,1-8H3/t25-/m1/s1. The Bertz CT molecular complexity index is 1110. The maximum absolute atomic E-state index is 13.6. The molecule has 1 heterocycles. The molecule has 2 aromatic rings. The van der Waals surface area contributed by atoms with E-state index in [4.69, 9.17) is 0 Å². The summed E-state index contributed by atoms with van der Waals surface area (Å²) in [6, 6.07) is 12.0. The lowest BCUT2D eigenvalue weighted by molar-refractivity contribution is -0.118. The Morgan fingerprint density at radius 3 is 2.00 bits per heavy atom. The van der Waals surface area contributed by atoms with Gasteiger partial charge < -0.3 is 15.7 Å². The molecule has 0 saturated carbocycles. The van der Waals surface area contributed by atoms with Gasteiger partial charge in [-0.3, -0.25) is 4.79 Å². The molecule has 0 unspecified atom stereocenters. The van der Waals surface area contributed by atoms with E-state index in [1.807, 2.05) is 12.1 Å². The zero-order valence-corrected chi connectivity index (χ0v) is 21.3. The van der Waals surface area contributed by atoms with Gasteiger partial charge in [-0.2, -0.15) is 0 Å². The number of carbonyl (C=O) groups is 1. The number of Topliss-reactive ketones (excluding diaryl/α,β-unsaturated/α-hetero) is 1. The predicted octanol–water partition coefficient (Wildman–Crippen LogP) is 7.21. The summed E-state index contributed by atoms with van der Waals surface area (Å²) in [4.78, 5) is 13.6. The van der Waals surface area contributed by atoms with Crippen LogP contribution in [0.1, 0.15) is 91.0 Å². The quantitative estimate of drug-likeness (QED) is 0.433. The van der Waals surface area contributed by atoms with Gasteiger partial charge in [0.05, 0.1) is 17.4 Å². The summed E-state index contributed by atoms with van der Waals surface area (Å²) in [7, 11) is 0. The van der Waals surface area contributed by atoms with Gasteiger partial charge >= 0.3 is 0 Å². The average Bonchev–Trinajstić information content (AvgIpc) is 2.81. The number of nitrogens with one attached hydrogen (secondary N) is 2. The van der Waals surface area contributed by atoms with Crippen LogP contribution in [0.15, 0.2) is 47.7 Å². The summed E-state index contributed by atoms with van der Waals surface area (Å²) in [5.41, 5.74) is 6.04. The van der Waals surface area contributed by atoms with E-state index in [-0.39, 0.29) is 28.1 Å². The SMILES string of the molecule is CC1(C)CC(=O)C2=C(C1)Nc1ccccc1N[C@@H]2c1cc(C(C)(C)C)c(O)c(C(C)(C)C)c1. The lowest BCUT2D eigenvalue weighted by Gasteiger charge is -2.35. The lowest BCUT2D eigenvalue weighted by atomic mass is 9.72. The van der Waals surface area contributed by atoms with E-state index in [1.165, 1.54) is 0 Å². The number of fused-ring (bicyclic) bond motifs is 1. The van der Waals surface area contributed by atoms with E-state index in [0.29, 0.717) is 12.2 Å². The van der Waals surface area contributed by atoms with Crippen LogP contribution in [0.4, 0.5) is 11.4 Å². The summed E-state index contributed by atoms with van der Waals surface area (Å²) >= 11 is 0. The van der Waals surface area contributed by atoms with E-state index >= 15 is 0 Å². The second kappa shape index (κ2) is 7.65. The molecule has 3 N–H and O–H groups in total. The van der Waals surface area contributed by atoms with Crippen LogP contribution in [0.25, 0.3) is 0 Å². The van der Waals surface area contributed by atoms with Gasteiger partial charge in [-0.05, 0) is 63.6 Å². The zero-order chi connectivity index (χ0) is 24.3. The number of rotatable bonds is 1. The predicted molar refractivity (Wildman–Crippen MR) is 137 cm³/mol. The first-order valence-corrected chi connectivity index (χ1v) is 11.9. The van der Waals surface area contributed by atoms with Crippen molar-refractivity contribution >= 4 is 17.2 Å². The van der Waals surface area contributed by atoms with Crippen molar-refractivity contribution in [3.8, 4) is 5.75 Å². The number of carbonyl (C=O) groups excluding carboxylic acids is 1. The van der Waals surface area contributed by atoms with E-state index < -0.39 is 0 Å². The number of ketones is 1. The molecule has 33 heavy (non-hydrogen) atoms. The second-order valence-corrected chi connectivity index (χ2v) is 12.5. The van der Waals surface area contributed by atoms with Crippen LogP contribution in [-0.4, -0.2) is 10.9 Å². The first-order chi connectivity index (χ1) is 15.2. The number of para-hydroxylation sites is 2. The third kappa shape index (κ3) is 4.40. The number of allylic oxidation sites excluding steroid dienone is 1. The van der Waals surface area contributed by atoms with E-state index in [2.05, 4.69) is 90.3 Å². The largest absolute Gasteiger partial charge is 0.507 e. The van der Waals surface area contributed by atoms with E-state index in [1.54, 1.807) is 0 Å². The van der Waals surface area contributed by atoms with Gasteiger partial charge in [-0.25, -0.2) is 0 Å². The third-order valence-electron chi connectivity index (χ3n) is 6.80. The van der Waals surface area contributed by atoms with Crippen molar-refractivity contribution in [2.24, 2.45) is 5.41 Å². The number of phenols is 1. The number of anilines is 2. The van der Waals surface area contributed by atoms with Crippen LogP contribution in [0.2, 0.25) is 0 Å². The normalized spacial score (nSPS) is 20.4. The molecule has 4 nitrogen and oxygen atoms in total. The molecule has 0 saturated heterocycles. The summed E-state index contributed by atoms with van der Waals surface area (Å²) in [5.74, 6) is 0.540. The molecule has 2 aliphatic rings. The first-order valence-electron chi connectivity index (χ1n) is 11.9. The molecule has 176 valence electrons. The molecule has 1 aliphatic carbocycles. The minimum Gasteiger partial charge on any atom is -0.507 e. The summed E-state index contributed by atoms with van der Waals surface area (Å²) < 4.78 is 0. The monoisotopic (exact) mass is 446 g/mol. The van der Waals surface area contributed by atoms with Crippen LogP contribution in [0.3, 0.4) is 0 Å². The molecule has 0 bridgehead atoms. The zero-order valence-electron chi connectivity index (χ0n) is 21.3. The van der Waals surface area contributed by atoms with Crippen molar-refractivity contribution in [3.63, 3.8) is 0 Å². The van der Waals surface area contributed by atoms with Gasteiger partial charge in [0, 0.05) is 17.7 Å². The number of phenolic OH excluding ortho intramolecular Hbond substituents is 1. The van der Waals surface area contributed by atoms with Gasteiger partial charge in [0.25, 0.3) is 0 Å². The van der Waals surface area contributed by atoms with Crippen LogP contribution >= 0.6 is 0 Å². The molecule has 0 fully saturated rings. The molecular formula is C29H38N2O2. The van der Waals surface area contributed by atoms with Crippen molar-refractivity contribution < 1.29 is 9.90 Å². The summed E-state index contributed by atoms with van der Waals surface area (Å²) in [6.45, 7) is 17.0. The Labute approximate surface area is 198 Å². The second-order valence-electron chi connectivity index (χ2n) is 12.5. The molecule has 2 aromatic carbocycles. The minimum atomic E-state index is -0.289. The van der Waals surface area contributed by atoms with Crippen LogP contribution in [-0.2, 0) is 15.6 Å². The molecular weight excluding hydrogens is 408 g/mol. The highest BCUT2D eigenvalue weighted by Crippen LogP contribution is 2.48. The van der Waals surface area contributed by atoms with Crippen molar-refractivity contribution in [2.75, 3.05) is 10.6 Å². The number of hydrogen-bond acceptors (Lipinski definition) is 4. The number of benzene rings is 2. The number of aromatic hydroxyl groups is 1. The smallest absolute Gasteiger partial charge is 0.163 e. The van der Waals surface area contributed by atoms with Gasteiger partial charge in [-0.15, -0.1) is 0 Å². The Morgan fingerprint density at radius 1 is 0.909 bits per heavy atom. The van der Waals surface area contributed by atoms with Gasteiger partial charge in [0.2, 0.25) is 0 Å².